The molecule has 120 valence electrons. The lowest BCUT2D eigenvalue weighted by molar-refractivity contribution is -0.141. The van der Waals surface area contributed by atoms with E-state index in [1.54, 1.807) is 0 Å². The van der Waals surface area contributed by atoms with E-state index in [1.807, 2.05) is 13.8 Å². The number of hydrogen-bond acceptors (Lipinski definition) is 4. The summed E-state index contributed by atoms with van der Waals surface area (Å²) in [7, 11) is 0. The Morgan fingerprint density at radius 2 is 1.81 bits per heavy atom. The van der Waals surface area contributed by atoms with Crippen LogP contribution in [0.4, 0.5) is 0 Å². The summed E-state index contributed by atoms with van der Waals surface area (Å²) in [5.41, 5.74) is 0. The molecule has 0 spiro atoms. The molecule has 2 fully saturated rings. The van der Waals surface area contributed by atoms with Gasteiger partial charge in [0.15, 0.2) is 0 Å². The summed E-state index contributed by atoms with van der Waals surface area (Å²) < 4.78 is 0. The van der Waals surface area contributed by atoms with E-state index in [0.29, 0.717) is 6.42 Å². The van der Waals surface area contributed by atoms with Gasteiger partial charge in [0.05, 0.1) is 12.5 Å². The summed E-state index contributed by atoms with van der Waals surface area (Å²) in [5.74, 6) is -0.0402. The van der Waals surface area contributed by atoms with Crippen LogP contribution in [-0.4, -0.2) is 59.4 Å². The minimum Gasteiger partial charge on any atom is -0.302 e. The zero-order chi connectivity index (χ0) is 15.4. The Bertz CT molecular complexity index is 376. The SMILES string of the molecule is CCC(CC)N1C(=O)CC(NC(C)CN2CCCC2)C1=O. The lowest BCUT2D eigenvalue weighted by Gasteiger charge is -2.26. The molecule has 2 aliphatic heterocycles. The minimum atomic E-state index is -0.323. The van der Waals surface area contributed by atoms with Crippen molar-refractivity contribution in [2.24, 2.45) is 0 Å². The van der Waals surface area contributed by atoms with Crippen molar-refractivity contribution in [2.75, 3.05) is 19.6 Å². The number of carbonyl (C=O) groups is 2. The Morgan fingerprint density at radius 3 is 2.38 bits per heavy atom. The number of amides is 2. The molecule has 2 heterocycles. The van der Waals surface area contributed by atoms with E-state index < -0.39 is 0 Å². The summed E-state index contributed by atoms with van der Waals surface area (Å²) in [5, 5.41) is 3.37. The fourth-order valence-electron chi connectivity index (χ4n) is 3.57. The first-order valence-electron chi connectivity index (χ1n) is 8.41. The molecular weight excluding hydrogens is 266 g/mol. The highest BCUT2D eigenvalue weighted by atomic mass is 16.2. The first kappa shape index (κ1) is 16.4. The van der Waals surface area contributed by atoms with E-state index >= 15 is 0 Å². The molecule has 2 aliphatic rings. The number of nitrogens with one attached hydrogen (secondary N) is 1. The second-order valence-electron chi connectivity index (χ2n) is 6.40. The maximum atomic E-state index is 12.5. The van der Waals surface area contributed by atoms with Gasteiger partial charge in [-0.05, 0) is 45.7 Å². The zero-order valence-electron chi connectivity index (χ0n) is 13.6. The van der Waals surface area contributed by atoms with Gasteiger partial charge in [-0.3, -0.25) is 14.5 Å². The monoisotopic (exact) mass is 295 g/mol. The number of rotatable bonds is 7. The van der Waals surface area contributed by atoms with Crippen LogP contribution in [0.1, 0.15) is 52.9 Å². The van der Waals surface area contributed by atoms with Crippen molar-refractivity contribution in [1.29, 1.82) is 0 Å². The number of hydrogen-bond donors (Lipinski definition) is 1. The maximum Gasteiger partial charge on any atom is 0.247 e. The van der Waals surface area contributed by atoms with Gasteiger partial charge in [-0.15, -0.1) is 0 Å². The Balaban J connectivity index is 1.89. The standard InChI is InChI=1S/C16H29N3O2/c1-4-13(5-2)19-15(20)10-14(16(19)21)17-12(3)11-18-8-6-7-9-18/h12-14,17H,4-11H2,1-3H3. The van der Waals surface area contributed by atoms with Crippen LogP contribution in [-0.2, 0) is 9.59 Å². The molecule has 0 bridgehead atoms. The fourth-order valence-corrected chi connectivity index (χ4v) is 3.57. The number of imide groups is 1. The molecule has 0 aromatic rings. The van der Waals surface area contributed by atoms with Gasteiger partial charge < -0.3 is 10.2 Å². The highest BCUT2D eigenvalue weighted by Gasteiger charge is 2.41. The van der Waals surface area contributed by atoms with Crippen molar-refractivity contribution < 1.29 is 9.59 Å². The summed E-state index contributed by atoms with van der Waals surface area (Å²) in [6, 6.07) is -0.0205. The van der Waals surface area contributed by atoms with Crippen molar-refractivity contribution in [3.63, 3.8) is 0 Å². The molecule has 21 heavy (non-hydrogen) atoms. The lowest BCUT2D eigenvalue weighted by atomic mass is 10.1. The highest BCUT2D eigenvalue weighted by molar-refractivity contribution is 6.05. The topological polar surface area (TPSA) is 52.7 Å². The summed E-state index contributed by atoms with van der Waals surface area (Å²) in [6.45, 7) is 9.45. The van der Waals surface area contributed by atoms with Gasteiger partial charge in [-0.2, -0.15) is 0 Å². The molecule has 2 atom stereocenters. The summed E-state index contributed by atoms with van der Waals surface area (Å²) >= 11 is 0. The van der Waals surface area contributed by atoms with Crippen LogP contribution in [0.5, 0.6) is 0 Å². The Morgan fingerprint density at radius 1 is 1.19 bits per heavy atom. The van der Waals surface area contributed by atoms with Crippen LogP contribution >= 0.6 is 0 Å². The molecular formula is C16H29N3O2. The quantitative estimate of drug-likeness (QED) is 0.721. The van der Waals surface area contributed by atoms with E-state index in [4.69, 9.17) is 0 Å². The van der Waals surface area contributed by atoms with E-state index in [2.05, 4.69) is 17.1 Å². The third kappa shape index (κ3) is 3.83. The van der Waals surface area contributed by atoms with Gasteiger partial charge in [0, 0.05) is 18.6 Å². The molecule has 0 aromatic heterocycles. The molecule has 2 saturated heterocycles. The molecule has 0 aliphatic carbocycles. The van der Waals surface area contributed by atoms with Gasteiger partial charge in [0.25, 0.3) is 0 Å². The van der Waals surface area contributed by atoms with Gasteiger partial charge in [-0.25, -0.2) is 0 Å². The average molecular weight is 295 g/mol. The Hall–Kier alpha value is -0.940. The third-order valence-corrected chi connectivity index (χ3v) is 4.71. The van der Waals surface area contributed by atoms with Crippen LogP contribution in [0, 0.1) is 0 Å². The Kier molecular flexibility index (Phi) is 5.76. The van der Waals surface area contributed by atoms with Gasteiger partial charge in [0.1, 0.15) is 0 Å². The first-order chi connectivity index (χ1) is 10.1. The van der Waals surface area contributed by atoms with Crippen molar-refractivity contribution in [3.05, 3.63) is 0 Å². The van der Waals surface area contributed by atoms with E-state index in [-0.39, 0.29) is 29.9 Å². The van der Waals surface area contributed by atoms with E-state index in [1.165, 1.54) is 17.7 Å². The summed E-state index contributed by atoms with van der Waals surface area (Å²) in [4.78, 5) is 28.5. The van der Waals surface area contributed by atoms with Crippen LogP contribution in [0.25, 0.3) is 0 Å². The van der Waals surface area contributed by atoms with E-state index in [0.717, 1.165) is 32.5 Å². The molecule has 2 amide bonds. The largest absolute Gasteiger partial charge is 0.302 e. The van der Waals surface area contributed by atoms with Gasteiger partial charge in [-0.1, -0.05) is 13.8 Å². The van der Waals surface area contributed by atoms with Crippen LogP contribution in [0.3, 0.4) is 0 Å². The number of carbonyl (C=O) groups excluding carboxylic acids is 2. The normalized spacial score (nSPS) is 25.3. The smallest absolute Gasteiger partial charge is 0.247 e. The molecule has 1 N–H and O–H groups in total. The zero-order valence-corrected chi connectivity index (χ0v) is 13.6. The predicted molar refractivity (Wildman–Crippen MR) is 82.9 cm³/mol. The third-order valence-electron chi connectivity index (χ3n) is 4.71. The van der Waals surface area contributed by atoms with E-state index in [9.17, 15) is 9.59 Å². The maximum absolute atomic E-state index is 12.5. The molecule has 5 nitrogen and oxygen atoms in total. The second-order valence-corrected chi connectivity index (χ2v) is 6.40. The van der Waals surface area contributed by atoms with Crippen molar-refractivity contribution in [3.8, 4) is 0 Å². The highest BCUT2D eigenvalue weighted by Crippen LogP contribution is 2.20. The van der Waals surface area contributed by atoms with Crippen LogP contribution < -0.4 is 5.32 Å². The molecule has 0 aromatic carbocycles. The van der Waals surface area contributed by atoms with Crippen molar-refractivity contribution >= 4 is 11.8 Å². The van der Waals surface area contributed by atoms with Crippen molar-refractivity contribution in [1.82, 2.24) is 15.1 Å². The second kappa shape index (κ2) is 7.36. The fraction of sp³-hybridized carbons (Fsp3) is 0.875. The van der Waals surface area contributed by atoms with Gasteiger partial charge in [0.2, 0.25) is 11.8 Å². The minimum absolute atomic E-state index is 0.0143. The molecule has 0 saturated carbocycles. The molecule has 5 heteroatoms. The predicted octanol–water partition coefficient (Wildman–Crippen LogP) is 1.38. The molecule has 2 rings (SSSR count). The number of nitrogens with zero attached hydrogens (tertiary/aromatic N) is 2. The van der Waals surface area contributed by atoms with Crippen molar-refractivity contribution in [2.45, 2.75) is 71.0 Å². The molecule has 2 unspecified atom stereocenters. The first-order valence-corrected chi connectivity index (χ1v) is 8.41. The number of likely N-dealkylation sites (tertiary alicyclic amines) is 2. The summed E-state index contributed by atoms with van der Waals surface area (Å²) in [6.07, 6.45) is 4.54. The average Bonchev–Trinajstić information content (AvgIpc) is 3.03. The Labute approximate surface area is 128 Å². The van der Waals surface area contributed by atoms with Crippen LogP contribution in [0.15, 0.2) is 0 Å². The molecule has 0 radical (unpaired) electrons. The van der Waals surface area contributed by atoms with Gasteiger partial charge >= 0.3 is 0 Å². The lowest BCUT2D eigenvalue weighted by Crippen LogP contribution is -2.48. The van der Waals surface area contributed by atoms with Crippen LogP contribution in [0.2, 0.25) is 0 Å².